The van der Waals surface area contributed by atoms with Gasteiger partial charge in [0.15, 0.2) is 0 Å². The number of alkyl carbamates (subject to hydrolysis) is 2. The van der Waals surface area contributed by atoms with Gasteiger partial charge < -0.3 is 106 Å². The largest absolute Gasteiger partial charge is 0.756 e. The molecule has 0 aromatic rings. The number of methoxy groups -OCH3 is 5. The Bertz CT molecular complexity index is 1500. The molecule has 0 aliphatic rings. The molecular weight excluding hydrogens is 1230 g/mol. The topological polar surface area (TPSA) is 366 Å². The molecular formula is C38H74N3O25P3U-4. The summed E-state index contributed by atoms with van der Waals surface area (Å²) < 4.78 is 111. The molecule has 28 nitrogen and oxygen atoms in total. The molecule has 0 aromatic heterocycles. The molecule has 0 radical (unpaired) electrons. The molecule has 0 bridgehead atoms. The van der Waals surface area contributed by atoms with Crippen LogP contribution in [-0.4, -0.2) is 188 Å². The molecule has 0 rings (SSSR count). The molecule has 0 fully saturated rings. The van der Waals surface area contributed by atoms with E-state index in [1.54, 1.807) is 7.11 Å². The number of phosphoric acid groups is 3. The summed E-state index contributed by atoms with van der Waals surface area (Å²) in [6, 6.07) is -0.955. The van der Waals surface area contributed by atoms with Crippen molar-refractivity contribution in [3.63, 3.8) is 0 Å². The van der Waals surface area contributed by atoms with Gasteiger partial charge in [-0.05, 0) is 59.2 Å². The second kappa shape index (κ2) is 43.3. The van der Waals surface area contributed by atoms with Crippen LogP contribution in [0.1, 0.15) is 58.8 Å². The number of aliphatic hydroxyl groups excluding tert-OH is 1. The molecule has 0 heterocycles. The van der Waals surface area contributed by atoms with E-state index >= 15 is 0 Å². The fourth-order valence-corrected chi connectivity index (χ4v) is 7.55. The van der Waals surface area contributed by atoms with Crippen molar-refractivity contribution in [1.29, 1.82) is 0 Å². The van der Waals surface area contributed by atoms with Gasteiger partial charge >= 0.3 is 12.2 Å². The molecule has 0 spiro atoms. The van der Waals surface area contributed by atoms with E-state index in [0.29, 0.717) is 58.5 Å². The van der Waals surface area contributed by atoms with Crippen LogP contribution in [0.15, 0.2) is 0 Å². The van der Waals surface area contributed by atoms with Crippen LogP contribution >= 0.6 is 23.5 Å². The summed E-state index contributed by atoms with van der Waals surface area (Å²) in [5, 5.41) is 17.8. The summed E-state index contributed by atoms with van der Waals surface area (Å²) in [6.45, 7) is 2.99. The molecule has 0 aliphatic carbocycles. The summed E-state index contributed by atoms with van der Waals surface area (Å²) in [7, 11) is -8.83. The first-order chi connectivity index (χ1) is 32.7. The van der Waals surface area contributed by atoms with Gasteiger partial charge in [0.05, 0.1) is 78.3 Å². The first kappa shape index (κ1) is 71.1. The van der Waals surface area contributed by atoms with Gasteiger partial charge in [0.1, 0.15) is 31.5 Å². The van der Waals surface area contributed by atoms with Gasteiger partial charge in [0.25, 0.3) is 23.5 Å². The van der Waals surface area contributed by atoms with E-state index in [1.807, 2.05) is 0 Å². The van der Waals surface area contributed by atoms with E-state index in [-0.39, 0.29) is 90.1 Å². The first-order valence-electron chi connectivity index (χ1n) is 22.0. The van der Waals surface area contributed by atoms with Crippen LogP contribution in [0.3, 0.4) is 0 Å². The number of hydrogen-bond donors (Lipinski definition) is 4. The van der Waals surface area contributed by atoms with Gasteiger partial charge in [0, 0.05) is 72.6 Å². The summed E-state index contributed by atoms with van der Waals surface area (Å²) in [4.78, 5) is 74.9. The first-order valence-corrected chi connectivity index (χ1v) is 26.4. The smallest absolute Gasteiger partial charge is 0.407 e. The molecule has 32 heteroatoms. The molecule has 9 atom stereocenters. The fourth-order valence-electron chi connectivity index (χ4n) is 5.00. The van der Waals surface area contributed by atoms with Gasteiger partial charge in [-0.3, -0.25) is 18.5 Å². The maximum absolute atomic E-state index is 13.1. The molecule has 414 valence electrons. The molecule has 3 amide bonds. The van der Waals surface area contributed by atoms with Crippen molar-refractivity contribution in [2.24, 2.45) is 0 Å². The predicted molar refractivity (Wildman–Crippen MR) is 235 cm³/mol. The molecule has 4 N–H and O–H groups in total. The van der Waals surface area contributed by atoms with Crippen LogP contribution in [-0.2, 0) is 88.3 Å². The van der Waals surface area contributed by atoms with E-state index in [9.17, 15) is 47.9 Å². The molecule has 0 saturated carbocycles. The van der Waals surface area contributed by atoms with Gasteiger partial charge in [0.2, 0.25) is 5.91 Å². The van der Waals surface area contributed by atoms with Crippen molar-refractivity contribution in [2.75, 3.05) is 128 Å². The molecule has 9 unspecified atom stereocenters. The minimum atomic E-state index is -5.34. The maximum atomic E-state index is 13.1. The quantitative estimate of drug-likeness (QED) is 0.0365. The summed E-state index contributed by atoms with van der Waals surface area (Å²) in [5.41, 5.74) is 0. The Morgan fingerprint density at radius 3 is 1.71 bits per heavy atom. The van der Waals surface area contributed by atoms with Crippen LogP contribution < -0.4 is 30.6 Å². The zero-order chi connectivity index (χ0) is 52.0. The number of aliphatic hydroxyl groups is 1. The third-order valence-corrected chi connectivity index (χ3v) is 12.0. The zero-order valence-electron chi connectivity index (χ0n) is 41.0. The third-order valence-electron chi connectivity index (χ3n) is 9.03. The van der Waals surface area contributed by atoms with Gasteiger partial charge in [-0.1, -0.05) is 12.8 Å². The monoisotopic (exact) mass is 1300 g/mol. The van der Waals surface area contributed by atoms with Crippen molar-refractivity contribution >= 4 is 41.6 Å². The Kier molecular flexibility index (Phi) is 44.0. The number of carbonyl (C=O) groups excluding carboxylic acids is 3. The zero-order valence-corrected chi connectivity index (χ0v) is 47.8. The van der Waals surface area contributed by atoms with E-state index in [4.69, 9.17) is 65.3 Å². The minimum absolute atomic E-state index is 0. The Labute approximate surface area is 434 Å². The van der Waals surface area contributed by atoms with Crippen LogP contribution in [0.2, 0.25) is 0 Å². The second-order valence-corrected chi connectivity index (χ2v) is 18.6. The minimum Gasteiger partial charge on any atom is -0.756 e. The van der Waals surface area contributed by atoms with Crippen LogP contribution in [0, 0.1) is 37.7 Å². The molecule has 0 aromatic carbocycles. The number of rotatable bonds is 46. The fraction of sp³-hybridized carbons (Fsp3) is 0.895. The average Bonchev–Trinajstić information content (AvgIpc) is 3.30. The maximum Gasteiger partial charge on any atom is 0.407 e. The Morgan fingerprint density at radius 1 is 0.586 bits per heavy atom. The second-order valence-electron chi connectivity index (χ2n) is 14.5. The SMILES string of the molecule is CO[CH-]C(COP(=O)([O-])OC(COP(=O)([O-])OCCCCCCNC(=O)C(CCCCNC(=O)OCCOCCOC)NC(=O)OCCOCCOC)C(C)OC)OP(=O)([O-])OCC(O)C(C)OC.[U]. The predicted octanol–water partition coefficient (Wildman–Crippen LogP) is 0.461. The van der Waals surface area contributed by atoms with Crippen LogP contribution in [0.25, 0.3) is 0 Å². The molecule has 0 aliphatic heterocycles. The standard InChI is InChI=1S/C38H77N3O25P3.U/c1-30(55-6)34(42)28-63-68(48,49)65-32(26-54-5)27-62-69(50,51)66-35(31(2)56-7)29-64-67(46,47)61-17-13-9-8-11-15-39-36(43)33(41-38(45)60-25-23-58-21-19-53-4)14-10-12-16-40-37(44)59-24-22-57-20-18-52-3;/h26,30-35,42H,8-25,27-29H2,1-7H3,(H,39,43)(H,40,44)(H,41,45)(H,46,47)(H,48,49)(H,50,51);/q-1;/p-3. The van der Waals surface area contributed by atoms with E-state index in [0.717, 1.165) is 13.7 Å². The normalized spacial score (nSPS) is 16.7. The van der Waals surface area contributed by atoms with Crippen molar-refractivity contribution in [1.82, 2.24) is 16.0 Å². The van der Waals surface area contributed by atoms with E-state index in [1.165, 1.54) is 35.2 Å². The van der Waals surface area contributed by atoms with Gasteiger partial charge in [-0.25, -0.2) is 9.59 Å². The van der Waals surface area contributed by atoms with Crippen molar-refractivity contribution in [2.45, 2.75) is 95.4 Å². The van der Waals surface area contributed by atoms with Crippen molar-refractivity contribution in [3.8, 4) is 0 Å². The van der Waals surface area contributed by atoms with Gasteiger partial charge in [-0.15, -0.1) is 0 Å². The Balaban J connectivity index is 0. The number of amides is 3. The summed E-state index contributed by atoms with van der Waals surface area (Å²) >= 11 is 0. The number of phosphoric ester groups is 3. The van der Waals surface area contributed by atoms with Crippen molar-refractivity contribution in [3.05, 3.63) is 6.61 Å². The van der Waals surface area contributed by atoms with Crippen LogP contribution in [0.5, 0.6) is 0 Å². The Morgan fingerprint density at radius 2 is 1.11 bits per heavy atom. The van der Waals surface area contributed by atoms with Crippen LogP contribution in [0.4, 0.5) is 9.59 Å². The summed E-state index contributed by atoms with van der Waals surface area (Å²) in [5.74, 6) is -0.465. The third kappa shape index (κ3) is 39.5. The Hall–Kier alpha value is -0.928. The molecule has 0 saturated heterocycles. The number of carbonyl (C=O) groups is 3. The number of hydrogen-bond acceptors (Lipinski definition) is 25. The average molecular weight is 1300 g/mol. The number of nitrogens with one attached hydrogen (secondary N) is 3. The van der Waals surface area contributed by atoms with E-state index in [2.05, 4.69) is 20.5 Å². The van der Waals surface area contributed by atoms with Gasteiger partial charge in [-0.2, -0.15) is 6.61 Å². The van der Waals surface area contributed by atoms with E-state index < -0.39 is 97.9 Å². The van der Waals surface area contributed by atoms with Crippen molar-refractivity contribution < 1.29 is 149 Å². The molecule has 70 heavy (non-hydrogen) atoms. The number of unbranched alkanes of at least 4 members (excludes halogenated alkanes) is 4. The summed E-state index contributed by atoms with van der Waals surface area (Å²) in [6.07, 6.45) is -5.01. The number of ether oxygens (including phenoxy) is 9.